The minimum Gasteiger partial charge on any atom is -0.508 e. The first kappa shape index (κ1) is 123. The predicted octanol–water partition coefficient (Wildman–Crippen LogP) is 11.4. The number of aliphatic carboxylic acids is 1. The van der Waals surface area contributed by atoms with E-state index in [0.29, 0.717) is 292 Å². The van der Waals surface area contributed by atoms with Crippen LogP contribution in [0.4, 0.5) is 0 Å². The highest BCUT2D eigenvalue weighted by molar-refractivity contribution is 7.85. The number of amidine groups is 1. The van der Waals surface area contributed by atoms with Crippen molar-refractivity contribution in [2.45, 2.75) is 316 Å². The van der Waals surface area contributed by atoms with Crippen molar-refractivity contribution >= 4 is 92.1 Å². The van der Waals surface area contributed by atoms with Gasteiger partial charge in [-0.15, -0.1) is 0 Å². The third-order valence-electron chi connectivity index (χ3n) is 22.3. The number of benzene rings is 1. The summed E-state index contributed by atoms with van der Waals surface area (Å²) in [5, 5.41) is 40.8. The Labute approximate surface area is 793 Å². The zero-order valence-electron chi connectivity index (χ0n) is 80.6. The number of rotatable bonds is 98. The first-order valence-electron chi connectivity index (χ1n) is 49.2. The van der Waals surface area contributed by atoms with Gasteiger partial charge in [-0.05, 0) is 133 Å². The molecule has 0 heterocycles. The molecule has 1 rings (SSSR count). The molecule has 36 heteroatoms. The summed E-state index contributed by atoms with van der Waals surface area (Å²) in [5.41, 5.74) is 12.1. The van der Waals surface area contributed by atoms with Gasteiger partial charge in [-0.1, -0.05) is 116 Å². The number of phenolic OH excluding ortho intramolecular Hbond substituents is 1. The minimum atomic E-state index is -3.86. The number of hydrogen-bond acceptors (Lipinski definition) is 26. The zero-order chi connectivity index (χ0) is 98.0. The van der Waals surface area contributed by atoms with E-state index < -0.39 is 51.7 Å². The number of carboxylic acid groups (broad SMARTS) is 1. The van der Waals surface area contributed by atoms with E-state index in [0.717, 1.165) is 70.6 Å². The second-order valence-corrected chi connectivity index (χ2v) is 36.4. The number of carbonyl (C=O) groups excluding carboxylic acids is 12. The normalized spacial score (nSPS) is 12.6. The molecule has 0 spiro atoms. The van der Waals surface area contributed by atoms with Gasteiger partial charge < -0.3 is 90.9 Å². The molecule has 0 radical (unpaired) electrons. The largest absolute Gasteiger partial charge is 0.508 e. The molecule has 0 aromatic heterocycles. The number of ketones is 6. The highest BCUT2D eigenvalue weighted by Crippen LogP contribution is 2.31. The second kappa shape index (κ2) is 83.7. The molecular weight excluding hydrogens is 1740 g/mol. The fraction of sp³-hybridized carbons (Fsp3) is 0.794. The maximum Gasteiger partial charge on any atom is 0.326 e. The number of carbonyl (C=O) groups is 13. The Balaban J connectivity index is 0.000177. The summed E-state index contributed by atoms with van der Waals surface area (Å²) >= 11 is 0. The summed E-state index contributed by atoms with van der Waals surface area (Å²) in [4.78, 5) is 165. The van der Waals surface area contributed by atoms with Crippen LogP contribution in [0.1, 0.15) is 310 Å². The maximum atomic E-state index is 14.4. The number of nitrogens with two attached hydrogens (primary N) is 2. The summed E-state index contributed by atoms with van der Waals surface area (Å²) in [5.74, 6) is -6.67. The Morgan fingerprint density at radius 2 is 0.722 bits per heavy atom. The standard InChI is InChI=1S/C97H168N8O27S.H2/c1-76(2)72-85(110)74-79(95(117)77(3)86(34-16-17-35-89(98)99)88(111)75-80(96(100)118)73-78-37-39-84(109)40-38-78)30-18-22-49-101-90(112)45-41-81(106)31-19-23-53-124-59-65-130-66-60-125-54-24-20-32-82(107)42-46-91(113)102-50-27-56-127-63-69-132-70-64-128-57-28-51-103-92(114)47-43-83(108)33-21-25-55-126-61-67-131-68-62-129-58-29-52-104-93(115)48-44-87(97(119)120)105-94(116)36-15-13-11-9-7-5-4-6-8-10-12-14-26-71-133(121,122)123;/h37-40,76-77,79-80,86-87,109H,4-36,41-75H2,1-3H3,(H3,98,99)(H2,100,118)(H,101,112)(H,102,113)(H,103,114)(H,104,115)(H,105,116)(H,119,120)(H,121,122,123);1H/t77?,79-,80-,86-,87+;/m1./s1. The molecule has 0 aliphatic rings. The van der Waals surface area contributed by atoms with E-state index in [2.05, 4.69) is 26.6 Å². The molecule has 5 atom stereocenters. The van der Waals surface area contributed by atoms with Crippen LogP contribution in [-0.4, -0.2) is 262 Å². The monoisotopic (exact) mass is 1910 g/mol. The van der Waals surface area contributed by atoms with Gasteiger partial charge in [0.15, 0.2) is 0 Å². The molecule has 0 fully saturated rings. The smallest absolute Gasteiger partial charge is 0.326 e. The summed E-state index contributed by atoms with van der Waals surface area (Å²) in [7, 11) is -3.86. The molecule has 1 aromatic carbocycles. The van der Waals surface area contributed by atoms with E-state index in [1.807, 2.05) is 13.8 Å². The average molecular weight is 1910 g/mol. The van der Waals surface area contributed by atoms with Crippen LogP contribution in [0.15, 0.2) is 24.3 Å². The van der Waals surface area contributed by atoms with Gasteiger partial charge in [0.05, 0.1) is 90.9 Å². The lowest BCUT2D eigenvalue weighted by atomic mass is 9.75. The fourth-order valence-electron chi connectivity index (χ4n) is 14.6. The molecule has 766 valence electrons. The molecule has 0 aliphatic carbocycles. The lowest BCUT2D eigenvalue weighted by molar-refractivity contribution is -0.142. The first-order valence-corrected chi connectivity index (χ1v) is 50.8. The topological polar surface area (TPSA) is 536 Å². The van der Waals surface area contributed by atoms with E-state index in [1.54, 1.807) is 19.1 Å². The number of carboxylic acids is 1. The summed E-state index contributed by atoms with van der Waals surface area (Å²) in [6.07, 6.45) is 23.9. The van der Waals surface area contributed by atoms with E-state index in [1.165, 1.54) is 12.1 Å². The van der Waals surface area contributed by atoms with Gasteiger partial charge in [0.2, 0.25) is 35.4 Å². The van der Waals surface area contributed by atoms with E-state index >= 15 is 0 Å². The van der Waals surface area contributed by atoms with E-state index in [4.69, 9.17) is 64.1 Å². The Bertz CT molecular complexity index is 3470. The number of primary amides is 1. The van der Waals surface area contributed by atoms with Crippen molar-refractivity contribution < 1.29 is 130 Å². The van der Waals surface area contributed by atoms with Crippen molar-refractivity contribution in [3.8, 4) is 5.75 Å². The van der Waals surface area contributed by atoms with Crippen LogP contribution in [0.25, 0.3) is 0 Å². The van der Waals surface area contributed by atoms with Crippen LogP contribution in [0.2, 0.25) is 0 Å². The van der Waals surface area contributed by atoms with E-state index in [-0.39, 0.29) is 166 Å². The van der Waals surface area contributed by atoms with Gasteiger partial charge in [-0.25, -0.2) is 4.79 Å². The first-order chi connectivity index (χ1) is 64.0. The summed E-state index contributed by atoms with van der Waals surface area (Å²) in [6, 6.07) is 5.15. The molecule has 6 amide bonds. The third-order valence-corrected chi connectivity index (χ3v) is 23.1. The van der Waals surface area contributed by atoms with Gasteiger partial charge in [0, 0.05) is 187 Å². The Kier molecular flexibility index (Phi) is 77.6. The van der Waals surface area contributed by atoms with Gasteiger partial charge in [-0.2, -0.15) is 8.42 Å². The zero-order valence-corrected chi connectivity index (χ0v) is 81.4. The maximum absolute atomic E-state index is 14.4. The Morgan fingerprint density at radius 3 is 1.11 bits per heavy atom. The molecule has 13 N–H and O–H groups in total. The summed E-state index contributed by atoms with van der Waals surface area (Å²) in [6.45, 7) is 14.4. The highest BCUT2D eigenvalue weighted by atomic mass is 32.2. The number of ether oxygens (including phenoxy) is 9. The molecule has 0 saturated heterocycles. The average Bonchev–Trinajstić information content (AvgIpc) is 0.837. The fourth-order valence-corrected chi connectivity index (χ4v) is 15.2. The van der Waals surface area contributed by atoms with Gasteiger partial charge in [0.25, 0.3) is 10.1 Å². The Hall–Kier alpha value is -7.65. The molecule has 0 saturated carbocycles. The number of hydrogen-bond donors (Lipinski definition) is 11. The molecule has 0 aliphatic heterocycles. The number of Topliss-reactive ketones (excluding diaryl/α,β-unsaturated/α-hetero) is 6. The number of amides is 6. The highest BCUT2D eigenvalue weighted by Gasteiger charge is 2.36. The van der Waals surface area contributed by atoms with Crippen LogP contribution >= 0.6 is 0 Å². The van der Waals surface area contributed by atoms with Crippen LogP contribution in [0.3, 0.4) is 0 Å². The van der Waals surface area contributed by atoms with Crippen LogP contribution in [0.5, 0.6) is 5.75 Å². The molecule has 0 bridgehead atoms. The van der Waals surface area contributed by atoms with Gasteiger partial charge in [-0.3, -0.25) is 67.5 Å². The van der Waals surface area contributed by atoms with Crippen LogP contribution in [0, 0.1) is 35.0 Å². The molecule has 1 aromatic rings. The minimum absolute atomic E-state index is 0. The quantitative estimate of drug-likeness (QED) is 0.0125. The van der Waals surface area contributed by atoms with Gasteiger partial charge >= 0.3 is 5.97 Å². The third kappa shape index (κ3) is 78.1. The SMILES string of the molecule is CC(C)CC(=O)C[C@@H](CCCCNC(=O)CCC(=O)CCCCOCCOCCOCCCCC(=O)CCC(=O)NCCCOCCOCCOCCCNC(=O)CCC(=O)CCCCOCCOCCOCCCNC(=O)CC[C@H](NC(=O)CCCCCCCCCCCCCCCS(=O)(=O)O)C(=O)O)C(=O)C(C)[C@@H](CCCCC(=N)N)C(=O)C[C@@H](Cc1ccc(O)cc1)C(N)=O.[HH]. The number of aromatic hydroxyl groups is 1. The van der Waals surface area contributed by atoms with Crippen LogP contribution in [-0.2, 0) is 121 Å². The summed E-state index contributed by atoms with van der Waals surface area (Å²) < 4.78 is 80.5. The lowest BCUT2D eigenvalue weighted by Crippen LogP contribution is -2.41. The van der Waals surface area contributed by atoms with Crippen molar-refractivity contribution in [2.24, 2.45) is 41.1 Å². The van der Waals surface area contributed by atoms with Crippen molar-refractivity contribution in [1.82, 2.24) is 26.6 Å². The molecule has 1 unspecified atom stereocenters. The predicted molar refractivity (Wildman–Crippen MR) is 508 cm³/mol. The lowest BCUT2D eigenvalue weighted by Gasteiger charge is -2.27. The number of phenols is 1. The second-order valence-electron chi connectivity index (χ2n) is 34.8. The molecule has 35 nitrogen and oxygen atoms in total. The van der Waals surface area contributed by atoms with Gasteiger partial charge in [0.1, 0.15) is 46.5 Å². The molecule has 133 heavy (non-hydrogen) atoms. The number of nitrogens with one attached hydrogen (secondary N) is 6. The number of unbranched alkanes of at least 4 members (excludes halogenated alkanes) is 17. The van der Waals surface area contributed by atoms with Crippen LogP contribution < -0.4 is 38.1 Å². The van der Waals surface area contributed by atoms with E-state index in [9.17, 15) is 81.0 Å². The van der Waals surface area contributed by atoms with Crippen molar-refractivity contribution in [1.29, 1.82) is 5.41 Å². The molecular formula is C97H170N8O27S. The van der Waals surface area contributed by atoms with Crippen molar-refractivity contribution in [3.05, 3.63) is 29.8 Å². The van der Waals surface area contributed by atoms with Crippen molar-refractivity contribution in [2.75, 3.05) is 151 Å². The Morgan fingerprint density at radius 1 is 0.368 bits per heavy atom. The van der Waals surface area contributed by atoms with Crippen molar-refractivity contribution in [3.63, 3.8) is 0 Å².